The number of nitrogens with one attached hydrogen (secondary N) is 1. The molecule has 2 heterocycles. The third-order valence-electron chi connectivity index (χ3n) is 11.5. The highest BCUT2D eigenvalue weighted by Gasteiger charge is 2.50. The molecule has 0 saturated heterocycles. The number of benzene rings is 4. The third-order valence-corrected chi connectivity index (χ3v) is 12.1. The van der Waals surface area contributed by atoms with Crippen LogP contribution in [0.2, 0.25) is 0 Å². The molecule has 0 spiro atoms. The molecular weight excluding hydrogens is 797 g/mol. The Morgan fingerprint density at radius 3 is 1.91 bits per heavy atom. The monoisotopic (exact) mass is 849 g/mol. The molecular formula is C49H53BrFNO6. The van der Waals surface area contributed by atoms with Gasteiger partial charge in [0, 0.05) is 41.9 Å². The van der Waals surface area contributed by atoms with Crippen molar-refractivity contribution in [2.75, 3.05) is 13.2 Å². The Balaban J connectivity index is 0.000000177. The first-order valence-electron chi connectivity index (χ1n) is 20.5. The summed E-state index contributed by atoms with van der Waals surface area (Å²) in [5.41, 5.74) is 6.85. The lowest BCUT2D eigenvalue weighted by atomic mass is 10.1. The molecule has 9 heteroatoms. The van der Waals surface area contributed by atoms with Gasteiger partial charge in [-0.15, -0.1) is 0 Å². The molecule has 4 aromatic rings. The molecule has 4 aromatic carbocycles. The number of hydrogen-bond acceptors (Lipinski definition) is 6. The van der Waals surface area contributed by atoms with Gasteiger partial charge in [-0.2, -0.15) is 0 Å². The lowest BCUT2D eigenvalue weighted by Crippen LogP contribution is -2.26. The molecule has 304 valence electrons. The van der Waals surface area contributed by atoms with E-state index in [1.165, 1.54) is 40.0 Å². The molecule has 2 aliphatic carbocycles. The second-order valence-electron chi connectivity index (χ2n) is 16.3. The highest BCUT2D eigenvalue weighted by molar-refractivity contribution is 9.10. The second-order valence-corrected chi connectivity index (χ2v) is 17.2. The molecule has 2 fully saturated rings. The highest BCUT2D eigenvalue weighted by atomic mass is 79.9. The largest absolute Gasteiger partial charge is 0.490 e. The van der Waals surface area contributed by atoms with Gasteiger partial charge in [0.15, 0.2) is 11.5 Å². The number of halogens is 2. The predicted molar refractivity (Wildman–Crippen MR) is 228 cm³/mol. The molecule has 8 atom stereocenters. The minimum atomic E-state index is -0.677. The van der Waals surface area contributed by atoms with Gasteiger partial charge in [0.2, 0.25) is 6.29 Å². The first-order chi connectivity index (χ1) is 27.9. The van der Waals surface area contributed by atoms with Gasteiger partial charge >= 0.3 is 5.97 Å². The lowest BCUT2D eigenvalue weighted by molar-refractivity contribution is 0.0452. The number of ether oxygens (including phenoxy) is 4. The van der Waals surface area contributed by atoms with Crippen LogP contribution in [0.1, 0.15) is 104 Å². The van der Waals surface area contributed by atoms with Gasteiger partial charge in [-0.25, -0.2) is 9.18 Å². The number of carbonyl (C=O) groups is 2. The molecule has 0 radical (unpaired) electrons. The summed E-state index contributed by atoms with van der Waals surface area (Å²) in [7, 11) is 0. The molecule has 0 aromatic heterocycles. The van der Waals surface area contributed by atoms with Crippen molar-refractivity contribution in [2.45, 2.75) is 85.0 Å². The molecule has 8 unspecified atom stereocenters. The maximum absolute atomic E-state index is 14.4. The zero-order valence-corrected chi connectivity index (χ0v) is 35.7. The smallest absolute Gasteiger partial charge is 0.341 e. The second kappa shape index (κ2) is 17.9. The average Bonchev–Trinajstić information content (AvgIpc) is 3.94. The van der Waals surface area contributed by atoms with Crippen LogP contribution < -0.4 is 19.5 Å². The van der Waals surface area contributed by atoms with Gasteiger partial charge in [-0.05, 0) is 108 Å². The van der Waals surface area contributed by atoms with Crippen molar-refractivity contribution in [3.63, 3.8) is 0 Å². The minimum Gasteiger partial charge on any atom is -0.490 e. The van der Waals surface area contributed by atoms with Crippen LogP contribution in [0.4, 0.5) is 4.39 Å². The van der Waals surface area contributed by atoms with Crippen LogP contribution in [0.25, 0.3) is 0 Å². The summed E-state index contributed by atoms with van der Waals surface area (Å²) in [6.45, 7) is 13.4. The van der Waals surface area contributed by atoms with E-state index in [0.29, 0.717) is 59.6 Å². The van der Waals surface area contributed by atoms with Crippen LogP contribution in [-0.2, 0) is 11.2 Å². The van der Waals surface area contributed by atoms with E-state index in [2.05, 4.69) is 110 Å². The number of amides is 1. The summed E-state index contributed by atoms with van der Waals surface area (Å²) in [5.74, 6) is 2.38. The Morgan fingerprint density at radius 1 is 0.759 bits per heavy atom. The molecule has 2 aliphatic heterocycles. The summed E-state index contributed by atoms with van der Waals surface area (Å²) in [6, 6.07) is 27.3. The normalized spacial score (nSPS) is 24.3. The van der Waals surface area contributed by atoms with Crippen LogP contribution >= 0.6 is 15.9 Å². The van der Waals surface area contributed by atoms with E-state index < -0.39 is 18.1 Å². The molecule has 1 N–H and O–H groups in total. The molecule has 58 heavy (non-hydrogen) atoms. The Morgan fingerprint density at radius 2 is 1.33 bits per heavy atom. The Kier molecular flexibility index (Phi) is 12.8. The molecule has 2 saturated carbocycles. The number of fused-ring (bicyclic) bond motifs is 2. The maximum Gasteiger partial charge on any atom is 0.341 e. The van der Waals surface area contributed by atoms with E-state index in [1.807, 2.05) is 37.3 Å². The van der Waals surface area contributed by atoms with Crippen molar-refractivity contribution in [1.82, 2.24) is 5.32 Å². The van der Waals surface area contributed by atoms with Crippen molar-refractivity contribution in [3.8, 4) is 17.2 Å². The lowest BCUT2D eigenvalue weighted by Gasteiger charge is -2.10. The number of hydrogen-bond donors (Lipinski definition) is 1. The van der Waals surface area contributed by atoms with Gasteiger partial charge in [-0.1, -0.05) is 97.8 Å². The Bertz CT molecular complexity index is 2030. The Hall–Kier alpha value is -4.89. The summed E-state index contributed by atoms with van der Waals surface area (Å²) < 4.78 is 37.8. The SMILES string of the molecule is CCC1Cc2cc(Br)c(C(=O)NCC3C(C=C(C)C)C3c3ccccc3)cc2O1.CCC1Oc2cc(F)c(C(=O)OCC3C(C=C(C)C)C3c3ccccc3)cc2O1. The summed E-state index contributed by atoms with van der Waals surface area (Å²) in [4.78, 5) is 25.5. The van der Waals surface area contributed by atoms with Crippen LogP contribution in [0, 0.1) is 29.5 Å². The third kappa shape index (κ3) is 9.36. The first kappa shape index (κ1) is 41.3. The van der Waals surface area contributed by atoms with Crippen molar-refractivity contribution in [2.24, 2.45) is 23.7 Å². The van der Waals surface area contributed by atoms with Crippen molar-refractivity contribution < 1.29 is 32.9 Å². The standard InChI is InChI=1S/C25H28BrNO2.C24H25FO4/c1-4-18-11-17-12-22(26)20(13-23(17)29-18)25(28)27-14-21-19(10-15(2)3)24(21)16-8-6-5-7-9-16;1-4-22-28-20-11-17(19(25)12-21(20)29-22)24(26)27-13-18-16(10-14(2)3)23(18)15-8-6-5-7-9-15/h5-10,12-13,18-19,21,24H,4,11,14H2,1-3H3,(H,27,28);5-12,16,18,22-23H,4,13H2,1-3H3. The number of allylic oxidation sites excluding steroid dienone is 4. The molecule has 1 amide bonds. The van der Waals surface area contributed by atoms with Crippen LogP contribution in [0.15, 0.2) is 113 Å². The number of carbonyl (C=O) groups excluding carboxylic acids is 2. The highest BCUT2D eigenvalue weighted by Crippen LogP contribution is 2.56. The average molecular weight is 851 g/mol. The van der Waals surface area contributed by atoms with E-state index >= 15 is 0 Å². The maximum atomic E-state index is 14.4. The van der Waals surface area contributed by atoms with Gasteiger partial charge in [-0.3, -0.25) is 4.79 Å². The molecule has 4 aliphatic rings. The van der Waals surface area contributed by atoms with E-state index in [0.717, 1.165) is 23.1 Å². The van der Waals surface area contributed by atoms with Crippen molar-refractivity contribution in [3.05, 3.63) is 146 Å². The summed E-state index contributed by atoms with van der Waals surface area (Å²) in [5, 5.41) is 3.17. The van der Waals surface area contributed by atoms with Crippen LogP contribution in [-0.4, -0.2) is 37.4 Å². The fourth-order valence-electron chi connectivity index (χ4n) is 8.43. The molecule has 0 bridgehead atoms. The number of esters is 1. The zero-order valence-electron chi connectivity index (χ0n) is 34.1. The van der Waals surface area contributed by atoms with E-state index in [9.17, 15) is 14.0 Å². The van der Waals surface area contributed by atoms with Gasteiger partial charge < -0.3 is 24.3 Å². The topological polar surface area (TPSA) is 83.1 Å². The van der Waals surface area contributed by atoms with Gasteiger partial charge in [0.05, 0.1) is 17.7 Å². The van der Waals surface area contributed by atoms with E-state index in [4.69, 9.17) is 18.9 Å². The van der Waals surface area contributed by atoms with Crippen molar-refractivity contribution in [1.29, 1.82) is 0 Å². The van der Waals surface area contributed by atoms with Gasteiger partial charge in [0.1, 0.15) is 17.7 Å². The fourth-order valence-corrected chi connectivity index (χ4v) is 9.00. The van der Waals surface area contributed by atoms with Gasteiger partial charge in [0.25, 0.3) is 5.91 Å². The quantitative estimate of drug-likeness (QED) is 0.113. The van der Waals surface area contributed by atoms with Crippen LogP contribution in [0.3, 0.4) is 0 Å². The molecule has 8 rings (SSSR count). The summed E-state index contributed by atoms with van der Waals surface area (Å²) in [6.07, 6.45) is 6.86. The summed E-state index contributed by atoms with van der Waals surface area (Å²) >= 11 is 3.58. The van der Waals surface area contributed by atoms with Crippen molar-refractivity contribution >= 4 is 27.8 Å². The minimum absolute atomic E-state index is 0.0436. The molecule has 7 nitrogen and oxygen atoms in total. The van der Waals surface area contributed by atoms with E-state index in [-0.39, 0.29) is 30.1 Å². The predicted octanol–water partition coefficient (Wildman–Crippen LogP) is 11.4. The Labute approximate surface area is 350 Å². The number of rotatable bonds is 12. The zero-order chi connectivity index (χ0) is 41.1. The van der Waals surface area contributed by atoms with E-state index in [1.54, 1.807) is 0 Å². The van der Waals surface area contributed by atoms with Crippen LogP contribution in [0.5, 0.6) is 17.2 Å². The first-order valence-corrected chi connectivity index (χ1v) is 21.3. The fraction of sp³-hybridized carbons (Fsp3) is 0.388.